The number of carbonyl (C=O) groups is 3. The number of hydrogen-bond donors (Lipinski definition) is 2. The second kappa shape index (κ2) is 9.52. The van der Waals surface area contributed by atoms with Gasteiger partial charge in [-0.05, 0) is 37.1 Å². The predicted molar refractivity (Wildman–Crippen MR) is 122 cm³/mol. The molecule has 1 fully saturated rings. The first kappa shape index (κ1) is 22.0. The van der Waals surface area contributed by atoms with Gasteiger partial charge < -0.3 is 25.0 Å². The standard InChI is InChI=1S/C23H25N3O5S/c1-30-15-7-8-16(18(13-15)31-2)24-21(27)14-9-11-26(12-10-14)23(29)20-22(28)25-17-5-3-4-6-19(17)32-20/h3-8,13-14,20H,9-12H2,1-2H3,(H,24,27)(H,25,28)/t20-/m1/s1. The van der Waals surface area contributed by atoms with Crippen LogP contribution in [0, 0.1) is 5.92 Å². The summed E-state index contributed by atoms with van der Waals surface area (Å²) < 4.78 is 10.5. The van der Waals surface area contributed by atoms with Crippen molar-refractivity contribution in [3.8, 4) is 11.5 Å². The molecule has 32 heavy (non-hydrogen) atoms. The Bertz CT molecular complexity index is 1040. The SMILES string of the molecule is COc1ccc(NC(=O)C2CCN(C(=O)[C@@H]3Sc4ccccc4NC3=O)CC2)c(OC)c1. The van der Waals surface area contributed by atoms with Gasteiger partial charge in [0.1, 0.15) is 11.5 Å². The number of piperidine rings is 1. The summed E-state index contributed by atoms with van der Waals surface area (Å²) in [6.45, 7) is 0.866. The normalized spacial score (nSPS) is 18.4. The number of amides is 3. The van der Waals surface area contributed by atoms with Crippen LogP contribution in [-0.4, -0.2) is 55.2 Å². The molecule has 8 nitrogen and oxygen atoms in total. The minimum atomic E-state index is -0.807. The van der Waals surface area contributed by atoms with Gasteiger partial charge in [0.25, 0.3) is 0 Å². The molecule has 1 saturated heterocycles. The second-order valence-electron chi connectivity index (χ2n) is 7.64. The van der Waals surface area contributed by atoms with E-state index in [0.29, 0.717) is 43.1 Å². The molecule has 4 rings (SSSR count). The number of fused-ring (bicyclic) bond motifs is 1. The average Bonchev–Trinajstić information content (AvgIpc) is 2.83. The predicted octanol–water partition coefficient (Wildman–Crippen LogP) is 2.99. The van der Waals surface area contributed by atoms with Crippen molar-refractivity contribution < 1.29 is 23.9 Å². The number of rotatable bonds is 5. The third kappa shape index (κ3) is 4.52. The molecule has 2 aromatic rings. The zero-order valence-electron chi connectivity index (χ0n) is 17.9. The van der Waals surface area contributed by atoms with Crippen LogP contribution < -0.4 is 20.1 Å². The van der Waals surface area contributed by atoms with Crippen LogP contribution in [0.1, 0.15) is 12.8 Å². The van der Waals surface area contributed by atoms with Crippen LogP contribution in [0.5, 0.6) is 11.5 Å². The number of nitrogens with zero attached hydrogens (tertiary/aromatic N) is 1. The van der Waals surface area contributed by atoms with Gasteiger partial charge in [-0.3, -0.25) is 14.4 Å². The van der Waals surface area contributed by atoms with E-state index in [1.54, 1.807) is 30.2 Å². The first-order valence-electron chi connectivity index (χ1n) is 10.4. The molecular formula is C23H25N3O5S. The lowest BCUT2D eigenvalue weighted by molar-refractivity contribution is -0.136. The number of hydrogen-bond acceptors (Lipinski definition) is 6. The largest absolute Gasteiger partial charge is 0.497 e. The van der Waals surface area contributed by atoms with Crippen LogP contribution in [0.4, 0.5) is 11.4 Å². The van der Waals surface area contributed by atoms with Crippen molar-refractivity contribution in [2.75, 3.05) is 37.9 Å². The Kier molecular flexibility index (Phi) is 6.55. The molecule has 168 valence electrons. The minimum absolute atomic E-state index is 0.112. The maximum atomic E-state index is 13.0. The lowest BCUT2D eigenvalue weighted by atomic mass is 9.95. The number of carbonyl (C=O) groups excluding carboxylic acids is 3. The van der Waals surface area contributed by atoms with Gasteiger partial charge in [-0.15, -0.1) is 11.8 Å². The Morgan fingerprint density at radius 2 is 1.84 bits per heavy atom. The smallest absolute Gasteiger partial charge is 0.247 e. The van der Waals surface area contributed by atoms with E-state index in [2.05, 4.69) is 10.6 Å². The topological polar surface area (TPSA) is 97.0 Å². The number of para-hydroxylation sites is 1. The molecule has 3 amide bonds. The maximum Gasteiger partial charge on any atom is 0.247 e. The van der Waals surface area contributed by atoms with Gasteiger partial charge in [-0.2, -0.15) is 0 Å². The van der Waals surface area contributed by atoms with Crippen LogP contribution in [0.25, 0.3) is 0 Å². The highest BCUT2D eigenvalue weighted by Gasteiger charge is 2.37. The molecule has 0 saturated carbocycles. The lowest BCUT2D eigenvalue weighted by Crippen LogP contribution is -2.48. The summed E-state index contributed by atoms with van der Waals surface area (Å²) in [4.78, 5) is 40.8. The van der Waals surface area contributed by atoms with E-state index in [9.17, 15) is 14.4 Å². The summed E-state index contributed by atoms with van der Waals surface area (Å²) in [6.07, 6.45) is 1.07. The van der Waals surface area contributed by atoms with Crippen molar-refractivity contribution in [2.24, 2.45) is 5.92 Å². The Labute approximate surface area is 190 Å². The Morgan fingerprint density at radius 3 is 2.56 bits per heavy atom. The van der Waals surface area contributed by atoms with Crippen LogP contribution >= 0.6 is 11.8 Å². The molecule has 9 heteroatoms. The number of nitrogens with one attached hydrogen (secondary N) is 2. The van der Waals surface area contributed by atoms with Crippen LogP contribution in [-0.2, 0) is 14.4 Å². The fourth-order valence-electron chi connectivity index (χ4n) is 3.88. The highest BCUT2D eigenvalue weighted by Crippen LogP contribution is 2.36. The third-order valence-corrected chi connectivity index (χ3v) is 6.96. The van der Waals surface area contributed by atoms with E-state index in [1.807, 2.05) is 24.3 Å². The zero-order valence-corrected chi connectivity index (χ0v) is 18.7. The summed E-state index contributed by atoms with van der Waals surface area (Å²) >= 11 is 1.28. The summed E-state index contributed by atoms with van der Waals surface area (Å²) in [5, 5.41) is 4.92. The van der Waals surface area contributed by atoms with Gasteiger partial charge in [0.2, 0.25) is 17.7 Å². The van der Waals surface area contributed by atoms with Gasteiger partial charge in [0.15, 0.2) is 5.25 Å². The Morgan fingerprint density at radius 1 is 1.09 bits per heavy atom. The molecule has 0 unspecified atom stereocenters. The second-order valence-corrected chi connectivity index (χ2v) is 8.79. The quantitative estimate of drug-likeness (QED) is 0.673. The van der Waals surface area contributed by atoms with Crippen molar-refractivity contribution >= 4 is 40.9 Å². The molecule has 0 bridgehead atoms. The summed E-state index contributed by atoms with van der Waals surface area (Å²) in [5.41, 5.74) is 1.31. The number of benzene rings is 2. The number of likely N-dealkylation sites (tertiary alicyclic amines) is 1. The van der Waals surface area contributed by atoms with Crippen molar-refractivity contribution in [1.29, 1.82) is 0 Å². The molecule has 0 aliphatic carbocycles. The number of ether oxygens (including phenoxy) is 2. The summed E-state index contributed by atoms with van der Waals surface area (Å²) in [7, 11) is 3.10. The molecule has 2 heterocycles. The van der Waals surface area contributed by atoms with Gasteiger partial charge in [-0.25, -0.2) is 0 Å². The third-order valence-electron chi connectivity index (χ3n) is 5.70. The molecule has 0 spiro atoms. The summed E-state index contributed by atoms with van der Waals surface area (Å²) in [6, 6.07) is 12.6. The van der Waals surface area contributed by atoms with Gasteiger partial charge in [-0.1, -0.05) is 12.1 Å². The van der Waals surface area contributed by atoms with E-state index in [4.69, 9.17) is 9.47 Å². The van der Waals surface area contributed by atoms with Crippen LogP contribution in [0.2, 0.25) is 0 Å². The number of methoxy groups -OCH3 is 2. The minimum Gasteiger partial charge on any atom is -0.497 e. The van der Waals surface area contributed by atoms with Crippen molar-refractivity contribution in [3.05, 3.63) is 42.5 Å². The van der Waals surface area contributed by atoms with E-state index < -0.39 is 5.25 Å². The van der Waals surface area contributed by atoms with E-state index in [1.165, 1.54) is 18.9 Å². The fourth-order valence-corrected chi connectivity index (χ4v) is 4.95. The molecular weight excluding hydrogens is 430 g/mol. The Balaban J connectivity index is 1.34. The van der Waals surface area contributed by atoms with Gasteiger partial charge in [0.05, 0.1) is 25.6 Å². The Hall–Kier alpha value is -3.20. The monoisotopic (exact) mass is 455 g/mol. The maximum absolute atomic E-state index is 13.0. The van der Waals surface area contributed by atoms with Crippen LogP contribution in [0.3, 0.4) is 0 Å². The first-order valence-corrected chi connectivity index (χ1v) is 11.3. The lowest BCUT2D eigenvalue weighted by Gasteiger charge is -2.34. The molecule has 1 atom stereocenters. The van der Waals surface area contributed by atoms with E-state index in [0.717, 1.165) is 10.6 Å². The zero-order chi connectivity index (χ0) is 22.7. The van der Waals surface area contributed by atoms with Crippen molar-refractivity contribution in [2.45, 2.75) is 23.0 Å². The number of thioether (sulfide) groups is 1. The highest BCUT2D eigenvalue weighted by atomic mass is 32.2. The summed E-state index contributed by atoms with van der Waals surface area (Å²) in [5.74, 6) is 0.311. The molecule has 0 radical (unpaired) electrons. The van der Waals surface area contributed by atoms with Crippen LogP contribution in [0.15, 0.2) is 47.4 Å². The molecule has 2 aliphatic rings. The van der Waals surface area contributed by atoms with E-state index in [-0.39, 0.29) is 23.6 Å². The fraction of sp³-hybridized carbons (Fsp3) is 0.348. The molecule has 2 aliphatic heterocycles. The molecule has 2 N–H and O–H groups in total. The first-order chi connectivity index (χ1) is 15.5. The van der Waals surface area contributed by atoms with E-state index >= 15 is 0 Å². The average molecular weight is 456 g/mol. The van der Waals surface area contributed by atoms with Gasteiger partial charge >= 0.3 is 0 Å². The molecule has 2 aromatic carbocycles. The molecule has 0 aromatic heterocycles. The van der Waals surface area contributed by atoms with Crippen molar-refractivity contribution in [3.63, 3.8) is 0 Å². The van der Waals surface area contributed by atoms with Gasteiger partial charge in [0, 0.05) is 30.0 Å². The highest BCUT2D eigenvalue weighted by molar-refractivity contribution is 8.01. The number of anilines is 2. The van der Waals surface area contributed by atoms with Crippen molar-refractivity contribution in [1.82, 2.24) is 4.90 Å².